The van der Waals surface area contributed by atoms with Crippen LogP contribution >= 0.6 is 22.6 Å². The van der Waals surface area contributed by atoms with E-state index in [1.807, 2.05) is 13.8 Å². The third-order valence-corrected chi connectivity index (χ3v) is 3.16. The molecule has 0 radical (unpaired) electrons. The lowest BCUT2D eigenvalue weighted by Crippen LogP contribution is -2.11. The Morgan fingerprint density at radius 2 is 2.00 bits per heavy atom. The molecule has 0 unspecified atom stereocenters. The van der Waals surface area contributed by atoms with E-state index in [1.165, 1.54) is 0 Å². The maximum atomic E-state index is 5.33. The number of ether oxygens (including phenoxy) is 2. The van der Waals surface area contributed by atoms with Crippen LogP contribution in [0.3, 0.4) is 0 Å². The summed E-state index contributed by atoms with van der Waals surface area (Å²) in [6.45, 7) is 6.39. The fourth-order valence-electron chi connectivity index (χ4n) is 1.32. The first-order chi connectivity index (χ1) is 8.22. The quantitative estimate of drug-likeness (QED) is 0.764. The maximum Gasteiger partial charge on any atom is 0.156 e. The minimum atomic E-state index is 0.433. The number of nitrogens with zero attached hydrogens (tertiary/aromatic N) is 2. The Morgan fingerprint density at radius 1 is 1.24 bits per heavy atom. The first-order valence-corrected chi connectivity index (χ1v) is 6.66. The number of methoxy groups -OCH3 is 1. The second-order valence-corrected chi connectivity index (χ2v) is 4.43. The normalized spacial score (nSPS) is 10.6. The van der Waals surface area contributed by atoms with E-state index in [2.05, 4.69) is 37.9 Å². The van der Waals surface area contributed by atoms with Crippen LogP contribution in [0, 0.1) is 3.57 Å². The first kappa shape index (κ1) is 14.6. The third kappa shape index (κ3) is 4.36. The van der Waals surface area contributed by atoms with E-state index in [4.69, 9.17) is 9.47 Å². The largest absolute Gasteiger partial charge is 0.378 e. The Labute approximate surface area is 115 Å². The average molecular weight is 351 g/mol. The Morgan fingerprint density at radius 3 is 2.59 bits per heavy atom. The second kappa shape index (κ2) is 7.78. The van der Waals surface area contributed by atoms with Gasteiger partial charge in [-0.2, -0.15) is 0 Å². The van der Waals surface area contributed by atoms with Gasteiger partial charge in [0.2, 0.25) is 0 Å². The second-order valence-electron chi connectivity index (χ2n) is 3.35. The first-order valence-electron chi connectivity index (χ1n) is 5.58. The molecular weight excluding hydrogens is 333 g/mol. The third-order valence-electron chi connectivity index (χ3n) is 2.03. The van der Waals surface area contributed by atoms with E-state index >= 15 is 0 Å². The number of hydrogen-bond acceptors (Lipinski definition) is 5. The molecule has 6 heteroatoms. The van der Waals surface area contributed by atoms with Gasteiger partial charge >= 0.3 is 0 Å². The topological polar surface area (TPSA) is 56.3 Å². The molecule has 0 fully saturated rings. The van der Waals surface area contributed by atoms with E-state index in [9.17, 15) is 0 Å². The monoisotopic (exact) mass is 351 g/mol. The van der Waals surface area contributed by atoms with Crippen molar-refractivity contribution in [2.75, 3.05) is 25.6 Å². The highest BCUT2D eigenvalue weighted by Gasteiger charge is 2.11. The molecular formula is C11H18IN3O2. The minimum Gasteiger partial charge on any atom is -0.378 e. The molecule has 1 aromatic rings. The molecule has 1 heterocycles. The van der Waals surface area contributed by atoms with Gasteiger partial charge in [-0.25, -0.2) is 9.97 Å². The summed E-state index contributed by atoms with van der Waals surface area (Å²) in [6, 6.07) is 0. The standard InChI is InChI=1S/C11H18IN3O2/c1-4-13-11-10(12)8(6-16-3)14-9(15-11)7-17-5-2/h4-7H2,1-3H3,(H,13,14,15). The zero-order valence-corrected chi connectivity index (χ0v) is 12.6. The molecule has 0 amide bonds. The Hall–Kier alpha value is -0.470. The molecule has 17 heavy (non-hydrogen) atoms. The molecule has 0 aromatic carbocycles. The van der Waals surface area contributed by atoms with Crippen LogP contribution < -0.4 is 5.32 Å². The molecule has 96 valence electrons. The predicted octanol–water partition coefficient (Wildman–Crippen LogP) is 2.20. The average Bonchev–Trinajstić information content (AvgIpc) is 2.32. The molecule has 1 rings (SSSR count). The molecule has 0 aliphatic heterocycles. The predicted molar refractivity (Wildman–Crippen MR) is 75.0 cm³/mol. The molecule has 0 aliphatic carbocycles. The van der Waals surface area contributed by atoms with Gasteiger partial charge in [0.25, 0.3) is 0 Å². The van der Waals surface area contributed by atoms with Crippen molar-refractivity contribution in [1.82, 2.24) is 9.97 Å². The van der Waals surface area contributed by atoms with Gasteiger partial charge in [0.05, 0.1) is 15.9 Å². The van der Waals surface area contributed by atoms with Crippen molar-refractivity contribution in [2.45, 2.75) is 27.1 Å². The Balaban J connectivity index is 2.98. The number of hydrogen-bond donors (Lipinski definition) is 1. The Kier molecular flexibility index (Phi) is 6.68. The SMILES string of the molecule is CCNc1nc(COCC)nc(COC)c1I. The van der Waals surface area contributed by atoms with Crippen molar-refractivity contribution >= 4 is 28.4 Å². The summed E-state index contributed by atoms with van der Waals surface area (Å²) in [4.78, 5) is 8.87. The summed E-state index contributed by atoms with van der Waals surface area (Å²) in [5.74, 6) is 1.54. The van der Waals surface area contributed by atoms with Crippen LogP contribution in [0.5, 0.6) is 0 Å². The van der Waals surface area contributed by atoms with Crippen molar-refractivity contribution < 1.29 is 9.47 Å². The highest BCUT2D eigenvalue weighted by atomic mass is 127. The van der Waals surface area contributed by atoms with Crippen LogP contribution in [-0.2, 0) is 22.7 Å². The summed E-state index contributed by atoms with van der Waals surface area (Å²) < 4.78 is 11.5. The van der Waals surface area contributed by atoms with Crippen LogP contribution in [0.4, 0.5) is 5.82 Å². The van der Waals surface area contributed by atoms with Crippen LogP contribution in [0.2, 0.25) is 0 Å². The van der Waals surface area contributed by atoms with Gasteiger partial charge in [-0.1, -0.05) is 0 Å². The maximum absolute atomic E-state index is 5.33. The van der Waals surface area contributed by atoms with Gasteiger partial charge < -0.3 is 14.8 Å². The molecule has 0 atom stereocenters. The minimum absolute atomic E-state index is 0.433. The summed E-state index contributed by atoms with van der Waals surface area (Å²) in [5.41, 5.74) is 0.897. The molecule has 0 aliphatic rings. The van der Waals surface area contributed by atoms with Crippen molar-refractivity contribution in [3.8, 4) is 0 Å². The number of anilines is 1. The zero-order chi connectivity index (χ0) is 12.7. The van der Waals surface area contributed by atoms with Gasteiger partial charge in [0.15, 0.2) is 5.82 Å². The van der Waals surface area contributed by atoms with Gasteiger partial charge in [0, 0.05) is 20.3 Å². The molecule has 0 bridgehead atoms. The highest BCUT2D eigenvalue weighted by Crippen LogP contribution is 2.20. The smallest absolute Gasteiger partial charge is 0.156 e. The van der Waals surface area contributed by atoms with E-state index in [0.29, 0.717) is 25.6 Å². The van der Waals surface area contributed by atoms with Gasteiger partial charge in [-0.05, 0) is 36.4 Å². The van der Waals surface area contributed by atoms with Crippen molar-refractivity contribution in [3.05, 3.63) is 15.1 Å². The number of rotatable bonds is 7. The summed E-state index contributed by atoms with van der Waals surface area (Å²) in [6.07, 6.45) is 0. The van der Waals surface area contributed by atoms with Crippen LogP contribution in [0.15, 0.2) is 0 Å². The summed E-state index contributed by atoms with van der Waals surface area (Å²) in [5, 5.41) is 3.22. The fraction of sp³-hybridized carbons (Fsp3) is 0.636. The summed E-state index contributed by atoms with van der Waals surface area (Å²) in [7, 11) is 1.66. The van der Waals surface area contributed by atoms with E-state index < -0.39 is 0 Å². The lowest BCUT2D eigenvalue weighted by atomic mass is 10.4. The number of aromatic nitrogens is 2. The van der Waals surface area contributed by atoms with Crippen molar-refractivity contribution in [3.63, 3.8) is 0 Å². The van der Waals surface area contributed by atoms with Crippen LogP contribution in [-0.4, -0.2) is 30.2 Å². The van der Waals surface area contributed by atoms with E-state index in [0.717, 1.165) is 21.6 Å². The molecule has 0 saturated carbocycles. The highest BCUT2D eigenvalue weighted by molar-refractivity contribution is 14.1. The van der Waals surface area contributed by atoms with Gasteiger partial charge in [-0.3, -0.25) is 0 Å². The van der Waals surface area contributed by atoms with Gasteiger partial charge in [0.1, 0.15) is 12.4 Å². The van der Waals surface area contributed by atoms with Crippen LogP contribution in [0.1, 0.15) is 25.4 Å². The van der Waals surface area contributed by atoms with Crippen LogP contribution in [0.25, 0.3) is 0 Å². The van der Waals surface area contributed by atoms with E-state index in [-0.39, 0.29) is 0 Å². The molecule has 1 aromatic heterocycles. The molecule has 1 N–H and O–H groups in total. The lowest BCUT2D eigenvalue weighted by Gasteiger charge is -2.11. The lowest BCUT2D eigenvalue weighted by molar-refractivity contribution is 0.127. The zero-order valence-electron chi connectivity index (χ0n) is 10.4. The summed E-state index contributed by atoms with van der Waals surface area (Å²) >= 11 is 2.23. The molecule has 0 saturated heterocycles. The molecule has 0 spiro atoms. The van der Waals surface area contributed by atoms with E-state index in [1.54, 1.807) is 7.11 Å². The fourth-order valence-corrected chi connectivity index (χ4v) is 1.91. The van der Waals surface area contributed by atoms with Crippen molar-refractivity contribution in [2.24, 2.45) is 0 Å². The number of nitrogens with one attached hydrogen (secondary N) is 1. The van der Waals surface area contributed by atoms with Gasteiger partial charge in [-0.15, -0.1) is 0 Å². The van der Waals surface area contributed by atoms with Crippen molar-refractivity contribution in [1.29, 1.82) is 0 Å². The Bertz CT molecular complexity index is 334. The number of halogens is 1. The molecule has 5 nitrogen and oxygen atoms in total.